The third-order valence-corrected chi connectivity index (χ3v) is 4.01. The summed E-state index contributed by atoms with van der Waals surface area (Å²) in [6, 6.07) is 0.436. The van der Waals surface area contributed by atoms with Crippen LogP contribution in [0.25, 0.3) is 0 Å². The highest BCUT2D eigenvalue weighted by atomic mass is 16.5. The Labute approximate surface area is 104 Å². The molecule has 1 saturated heterocycles. The van der Waals surface area contributed by atoms with Crippen molar-refractivity contribution in [1.82, 2.24) is 10.2 Å². The number of nitrogens with zero attached hydrogens (tertiary/aromatic N) is 1. The van der Waals surface area contributed by atoms with Crippen LogP contribution in [0.4, 0.5) is 0 Å². The van der Waals surface area contributed by atoms with E-state index in [4.69, 9.17) is 4.74 Å². The summed E-state index contributed by atoms with van der Waals surface area (Å²) in [6.45, 7) is 6.22. The minimum Gasteiger partial charge on any atom is -0.465 e. The van der Waals surface area contributed by atoms with Crippen molar-refractivity contribution in [1.29, 1.82) is 0 Å². The van der Waals surface area contributed by atoms with Crippen molar-refractivity contribution in [3.63, 3.8) is 0 Å². The molecule has 0 aromatic rings. The summed E-state index contributed by atoms with van der Waals surface area (Å²) in [5.41, 5.74) is -0.466. The second-order valence-corrected chi connectivity index (χ2v) is 5.60. The molecule has 0 radical (unpaired) electrons. The molecule has 1 aliphatic carbocycles. The Bertz CT molecular complexity index is 279. The Morgan fingerprint density at radius 1 is 1.53 bits per heavy atom. The van der Waals surface area contributed by atoms with Gasteiger partial charge in [0.15, 0.2) is 0 Å². The summed E-state index contributed by atoms with van der Waals surface area (Å²) in [7, 11) is 2.07. The van der Waals surface area contributed by atoms with Gasteiger partial charge >= 0.3 is 5.97 Å². The molecular weight excluding hydrogens is 216 g/mol. The Morgan fingerprint density at radius 2 is 2.24 bits per heavy atom. The maximum atomic E-state index is 12.2. The lowest BCUT2D eigenvalue weighted by atomic mass is 9.96. The molecule has 2 unspecified atom stereocenters. The number of rotatable bonds is 5. The Balaban J connectivity index is 2.02. The van der Waals surface area contributed by atoms with Crippen molar-refractivity contribution in [2.45, 2.75) is 44.7 Å². The van der Waals surface area contributed by atoms with Crippen LogP contribution in [0.1, 0.15) is 33.1 Å². The lowest BCUT2D eigenvalue weighted by Gasteiger charge is -2.28. The number of likely N-dealkylation sites (tertiary alicyclic amines) is 1. The number of carbonyl (C=O) groups is 1. The smallest absolute Gasteiger partial charge is 0.327 e. The van der Waals surface area contributed by atoms with Crippen molar-refractivity contribution in [2.24, 2.45) is 5.92 Å². The fourth-order valence-electron chi connectivity index (χ4n) is 2.59. The fraction of sp³-hybridized carbons (Fsp3) is 0.923. The van der Waals surface area contributed by atoms with Gasteiger partial charge in [0, 0.05) is 12.6 Å². The van der Waals surface area contributed by atoms with Crippen LogP contribution in [-0.4, -0.2) is 49.2 Å². The van der Waals surface area contributed by atoms with E-state index in [1.807, 2.05) is 6.92 Å². The Kier molecular flexibility index (Phi) is 3.73. The number of esters is 1. The van der Waals surface area contributed by atoms with E-state index in [1.165, 1.54) is 12.8 Å². The molecule has 2 aliphatic rings. The summed E-state index contributed by atoms with van der Waals surface area (Å²) in [4.78, 5) is 14.4. The van der Waals surface area contributed by atoms with Crippen molar-refractivity contribution < 1.29 is 9.53 Å². The van der Waals surface area contributed by atoms with Crippen molar-refractivity contribution in [3.05, 3.63) is 0 Å². The monoisotopic (exact) mass is 240 g/mol. The molecule has 4 heteroatoms. The molecule has 1 aliphatic heterocycles. The zero-order chi connectivity index (χ0) is 12.5. The number of nitrogens with one attached hydrogen (secondary N) is 1. The summed E-state index contributed by atoms with van der Waals surface area (Å²) in [5.74, 6) is 0.708. The van der Waals surface area contributed by atoms with E-state index in [-0.39, 0.29) is 5.97 Å². The molecule has 0 spiro atoms. The van der Waals surface area contributed by atoms with Crippen LogP contribution in [0, 0.1) is 5.92 Å². The number of hydrogen-bond acceptors (Lipinski definition) is 4. The highest BCUT2D eigenvalue weighted by Gasteiger charge is 2.48. The zero-order valence-corrected chi connectivity index (χ0v) is 11.2. The standard InChI is InChI=1S/C13H24N2O2/c1-4-17-12(16)13(14-8-11-5-6-11)7-10(2)15(3)9-13/h10-11,14H,4-9H2,1-3H3. The molecule has 2 rings (SSSR count). The third-order valence-electron chi connectivity index (χ3n) is 4.01. The zero-order valence-electron chi connectivity index (χ0n) is 11.2. The molecule has 4 nitrogen and oxygen atoms in total. The molecule has 98 valence electrons. The third kappa shape index (κ3) is 2.80. The first-order chi connectivity index (χ1) is 8.07. The van der Waals surface area contributed by atoms with Gasteiger partial charge in [0.2, 0.25) is 0 Å². The van der Waals surface area contributed by atoms with Gasteiger partial charge in [-0.3, -0.25) is 0 Å². The molecule has 17 heavy (non-hydrogen) atoms. The van der Waals surface area contributed by atoms with Gasteiger partial charge in [-0.05, 0) is 52.6 Å². The van der Waals surface area contributed by atoms with E-state index in [0.717, 1.165) is 25.4 Å². The predicted octanol–water partition coefficient (Wildman–Crippen LogP) is 1.01. The first kappa shape index (κ1) is 12.8. The van der Waals surface area contributed by atoms with Crippen LogP contribution < -0.4 is 5.32 Å². The molecule has 1 heterocycles. The predicted molar refractivity (Wildman–Crippen MR) is 66.8 cm³/mol. The Morgan fingerprint density at radius 3 is 2.71 bits per heavy atom. The molecular formula is C13H24N2O2. The molecule has 1 N–H and O–H groups in total. The fourth-order valence-corrected chi connectivity index (χ4v) is 2.59. The highest BCUT2D eigenvalue weighted by Crippen LogP contribution is 2.31. The van der Waals surface area contributed by atoms with Crippen molar-refractivity contribution >= 4 is 5.97 Å². The minimum atomic E-state index is -0.466. The van der Waals surface area contributed by atoms with E-state index < -0.39 is 5.54 Å². The lowest BCUT2D eigenvalue weighted by Crippen LogP contribution is -2.55. The van der Waals surface area contributed by atoms with Crippen LogP contribution in [0.5, 0.6) is 0 Å². The van der Waals surface area contributed by atoms with Crippen LogP contribution in [0.15, 0.2) is 0 Å². The molecule has 2 fully saturated rings. The molecule has 0 aromatic heterocycles. The Hall–Kier alpha value is -0.610. The van der Waals surface area contributed by atoms with Gasteiger partial charge in [-0.1, -0.05) is 0 Å². The quantitative estimate of drug-likeness (QED) is 0.728. The van der Waals surface area contributed by atoms with E-state index >= 15 is 0 Å². The molecule has 1 saturated carbocycles. The average molecular weight is 240 g/mol. The number of carbonyl (C=O) groups excluding carboxylic acids is 1. The summed E-state index contributed by atoms with van der Waals surface area (Å²) in [5, 5.41) is 3.49. The van der Waals surface area contributed by atoms with Gasteiger partial charge in [-0.25, -0.2) is 4.79 Å². The van der Waals surface area contributed by atoms with Gasteiger partial charge in [-0.2, -0.15) is 0 Å². The molecule has 0 bridgehead atoms. The first-order valence-corrected chi connectivity index (χ1v) is 6.70. The van der Waals surface area contributed by atoms with Gasteiger partial charge in [-0.15, -0.1) is 0 Å². The second-order valence-electron chi connectivity index (χ2n) is 5.60. The average Bonchev–Trinajstić information content (AvgIpc) is 3.05. The summed E-state index contributed by atoms with van der Waals surface area (Å²) >= 11 is 0. The van der Waals surface area contributed by atoms with Gasteiger partial charge < -0.3 is 15.0 Å². The van der Waals surface area contributed by atoms with Crippen molar-refractivity contribution in [2.75, 3.05) is 26.7 Å². The van der Waals surface area contributed by atoms with Gasteiger partial charge in [0.1, 0.15) is 5.54 Å². The van der Waals surface area contributed by atoms with E-state index in [0.29, 0.717) is 12.6 Å². The number of hydrogen-bond donors (Lipinski definition) is 1. The summed E-state index contributed by atoms with van der Waals surface area (Å²) in [6.07, 6.45) is 3.46. The first-order valence-electron chi connectivity index (χ1n) is 6.70. The van der Waals surface area contributed by atoms with Gasteiger partial charge in [0.25, 0.3) is 0 Å². The van der Waals surface area contributed by atoms with E-state index in [2.05, 4.69) is 24.2 Å². The largest absolute Gasteiger partial charge is 0.465 e. The van der Waals surface area contributed by atoms with Gasteiger partial charge in [0.05, 0.1) is 6.61 Å². The van der Waals surface area contributed by atoms with Crippen molar-refractivity contribution in [3.8, 4) is 0 Å². The molecule has 2 atom stereocenters. The maximum Gasteiger partial charge on any atom is 0.327 e. The van der Waals surface area contributed by atoms with E-state index in [1.54, 1.807) is 0 Å². The molecule has 0 amide bonds. The van der Waals surface area contributed by atoms with E-state index in [9.17, 15) is 4.79 Å². The van der Waals surface area contributed by atoms with Crippen LogP contribution >= 0.6 is 0 Å². The molecule has 0 aromatic carbocycles. The van der Waals surface area contributed by atoms with Crippen LogP contribution in [0.2, 0.25) is 0 Å². The summed E-state index contributed by atoms with van der Waals surface area (Å²) < 4.78 is 5.25. The topological polar surface area (TPSA) is 41.6 Å². The van der Waals surface area contributed by atoms with Crippen LogP contribution in [0.3, 0.4) is 0 Å². The number of ether oxygens (including phenoxy) is 1. The number of likely N-dealkylation sites (N-methyl/N-ethyl adjacent to an activating group) is 1. The second kappa shape index (κ2) is 4.94. The minimum absolute atomic E-state index is 0.0724. The SMILES string of the molecule is CCOC(=O)C1(NCC2CC2)CC(C)N(C)C1. The highest BCUT2D eigenvalue weighted by molar-refractivity contribution is 5.82. The normalized spacial score (nSPS) is 33.9. The maximum absolute atomic E-state index is 12.2. The van der Waals surface area contributed by atoms with Crippen LogP contribution in [-0.2, 0) is 9.53 Å². The lowest BCUT2D eigenvalue weighted by molar-refractivity contribution is -0.150.